The van der Waals surface area contributed by atoms with Crippen molar-refractivity contribution in [1.29, 1.82) is 0 Å². The lowest BCUT2D eigenvalue weighted by Gasteiger charge is -2.08. The number of amides is 2. The van der Waals surface area contributed by atoms with Crippen LogP contribution in [0.4, 0.5) is 11.6 Å². The number of hydrogen-bond acceptors (Lipinski definition) is 9. The average molecular weight is 397 g/mol. The number of esters is 2. The number of ether oxygens (including phenoxy) is 4. The number of carbonyl (C=O) groups excluding carboxylic acids is 4. The number of nitrogens with one attached hydrogen (secondary N) is 2. The number of aromatic nitrogens is 1. The Morgan fingerprint density at radius 3 is 1.61 bits per heavy atom. The van der Waals surface area contributed by atoms with E-state index >= 15 is 0 Å². The Kier molecular flexibility index (Phi) is 10.8. The first kappa shape index (κ1) is 23.0. The van der Waals surface area contributed by atoms with E-state index in [2.05, 4.69) is 15.6 Å². The van der Waals surface area contributed by atoms with E-state index in [9.17, 15) is 19.2 Å². The lowest BCUT2D eigenvalue weighted by Crippen LogP contribution is -2.28. The van der Waals surface area contributed by atoms with Crippen LogP contribution in [0.5, 0.6) is 0 Å². The molecule has 0 aromatic carbocycles. The van der Waals surface area contributed by atoms with Crippen LogP contribution >= 0.6 is 0 Å². The first-order valence-corrected chi connectivity index (χ1v) is 8.56. The van der Waals surface area contributed by atoms with Gasteiger partial charge in [-0.25, -0.2) is 14.6 Å². The number of rotatable bonds is 10. The van der Waals surface area contributed by atoms with Crippen LogP contribution in [0.15, 0.2) is 18.2 Å². The molecule has 0 atom stereocenters. The summed E-state index contributed by atoms with van der Waals surface area (Å²) in [6, 6.07) is 4.24. The van der Waals surface area contributed by atoms with E-state index in [1.54, 1.807) is 13.8 Å². The zero-order valence-electron chi connectivity index (χ0n) is 15.7. The molecule has 28 heavy (non-hydrogen) atoms. The van der Waals surface area contributed by atoms with Gasteiger partial charge in [-0.3, -0.25) is 9.59 Å². The third kappa shape index (κ3) is 9.05. The summed E-state index contributed by atoms with van der Waals surface area (Å²) in [5.74, 6) is -4.32. The molecule has 1 heterocycles. The van der Waals surface area contributed by atoms with Crippen molar-refractivity contribution >= 4 is 35.4 Å². The van der Waals surface area contributed by atoms with E-state index in [1.165, 1.54) is 18.2 Å². The third-order valence-electron chi connectivity index (χ3n) is 2.93. The summed E-state index contributed by atoms with van der Waals surface area (Å²) in [5.41, 5.74) is 0. The normalized spacial score (nSPS) is 10.1. The van der Waals surface area contributed by atoms with Crippen molar-refractivity contribution in [2.24, 2.45) is 0 Å². The van der Waals surface area contributed by atoms with E-state index in [0.717, 1.165) is 0 Å². The minimum Gasteiger partial charge on any atom is -0.456 e. The molecular weight excluding hydrogens is 374 g/mol. The predicted octanol–water partition coefficient (Wildman–Crippen LogP) is 0.118. The molecule has 1 rings (SSSR count). The van der Waals surface area contributed by atoms with Crippen molar-refractivity contribution in [3.8, 4) is 0 Å². The largest absolute Gasteiger partial charge is 0.456 e. The van der Waals surface area contributed by atoms with Crippen molar-refractivity contribution in [3.63, 3.8) is 0 Å². The van der Waals surface area contributed by atoms with Gasteiger partial charge in [-0.15, -0.1) is 0 Å². The molecule has 1 aromatic heterocycles. The highest BCUT2D eigenvalue weighted by molar-refractivity contribution is 6.37. The molecule has 0 spiro atoms. The molecule has 0 aliphatic carbocycles. The molecule has 0 radical (unpaired) electrons. The number of anilines is 2. The smallest absolute Gasteiger partial charge is 0.397 e. The second-order valence-corrected chi connectivity index (χ2v) is 4.98. The monoisotopic (exact) mass is 397 g/mol. The molecule has 0 saturated carbocycles. The summed E-state index contributed by atoms with van der Waals surface area (Å²) in [6.07, 6.45) is 0. The van der Waals surface area contributed by atoms with Gasteiger partial charge in [0, 0.05) is 13.2 Å². The van der Waals surface area contributed by atoms with Crippen molar-refractivity contribution in [1.82, 2.24) is 4.98 Å². The molecule has 0 aliphatic rings. The Bertz CT molecular complexity index is 627. The number of hydrogen-bond donors (Lipinski definition) is 2. The van der Waals surface area contributed by atoms with Gasteiger partial charge in [0.1, 0.15) is 24.8 Å². The summed E-state index contributed by atoms with van der Waals surface area (Å²) < 4.78 is 19.4. The van der Waals surface area contributed by atoms with Crippen LogP contribution in [-0.4, -0.2) is 68.4 Å². The Morgan fingerprint density at radius 1 is 0.786 bits per heavy atom. The Hall–Kier alpha value is -3.05. The van der Waals surface area contributed by atoms with Gasteiger partial charge in [0.2, 0.25) is 0 Å². The molecule has 11 heteroatoms. The second kappa shape index (κ2) is 13.2. The SMILES string of the molecule is CCOCCOC(=O)C(=O)Nc1cccc(NC(=O)C(=O)OCCOCC)n1. The zero-order valence-corrected chi connectivity index (χ0v) is 15.7. The second-order valence-electron chi connectivity index (χ2n) is 4.98. The van der Waals surface area contributed by atoms with E-state index in [1.807, 2.05) is 0 Å². The fourth-order valence-electron chi connectivity index (χ4n) is 1.71. The van der Waals surface area contributed by atoms with Gasteiger partial charge < -0.3 is 29.6 Å². The molecule has 11 nitrogen and oxygen atoms in total. The predicted molar refractivity (Wildman–Crippen MR) is 96.4 cm³/mol. The minimum atomic E-state index is -1.10. The van der Waals surface area contributed by atoms with Crippen LogP contribution < -0.4 is 10.6 Å². The molecule has 154 valence electrons. The number of nitrogens with zero attached hydrogens (tertiary/aromatic N) is 1. The number of pyridine rings is 1. The van der Waals surface area contributed by atoms with Crippen LogP contribution in [0, 0.1) is 0 Å². The van der Waals surface area contributed by atoms with Crippen LogP contribution in [0.25, 0.3) is 0 Å². The standard InChI is InChI=1S/C17H23N3O8/c1-3-25-8-10-27-16(23)14(21)19-12-6-5-7-13(18-12)20-15(22)17(24)28-11-9-26-4-2/h5-7H,3-4,8-11H2,1-2H3,(H2,18,19,20,21,22). The Morgan fingerprint density at radius 2 is 1.21 bits per heavy atom. The topological polar surface area (TPSA) is 142 Å². The molecule has 0 fully saturated rings. The molecule has 0 unspecified atom stereocenters. The van der Waals surface area contributed by atoms with Crippen LogP contribution in [-0.2, 0) is 38.1 Å². The molecule has 1 aromatic rings. The van der Waals surface area contributed by atoms with Crippen molar-refractivity contribution in [2.75, 3.05) is 50.3 Å². The van der Waals surface area contributed by atoms with Gasteiger partial charge in [0.05, 0.1) is 13.2 Å². The fraction of sp³-hybridized carbons (Fsp3) is 0.471. The molecular formula is C17H23N3O8. The molecule has 0 aliphatic heterocycles. The van der Waals surface area contributed by atoms with Crippen molar-refractivity contribution in [3.05, 3.63) is 18.2 Å². The quantitative estimate of drug-likeness (QED) is 0.320. The molecule has 0 saturated heterocycles. The third-order valence-corrected chi connectivity index (χ3v) is 2.93. The highest BCUT2D eigenvalue weighted by Gasteiger charge is 2.18. The lowest BCUT2D eigenvalue weighted by atomic mass is 10.4. The Labute approximate surface area is 161 Å². The summed E-state index contributed by atoms with van der Waals surface area (Å²) in [6.45, 7) is 4.73. The van der Waals surface area contributed by atoms with Crippen molar-refractivity contribution in [2.45, 2.75) is 13.8 Å². The first-order valence-electron chi connectivity index (χ1n) is 8.56. The Balaban J connectivity index is 2.50. The van der Waals surface area contributed by atoms with E-state index in [4.69, 9.17) is 18.9 Å². The van der Waals surface area contributed by atoms with E-state index in [-0.39, 0.29) is 38.1 Å². The highest BCUT2D eigenvalue weighted by Crippen LogP contribution is 2.09. The van der Waals surface area contributed by atoms with Gasteiger partial charge in [0.15, 0.2) is 0 Å². The summed E-state index contributed by atoms with van der Waals surface area (Å²) in [4.78, 5) is 50.5. The van der Waals surface area contributed by atoms with Crippen LogP contribution in [0.2, 0.25) is 0 Å². The minimum absolute atomic E-state index is 0.0192. The zero-order chi connectivity index (χ0) is 20.8. The van der Waals surface area contributed by atoms with Gasteiger partial charge in [-0.2, -0.15) is 0 Å². The highest BCUT2D eigenvalue weighted by atomic mass is 16.6. The van der Waals surface area contributed by atoms with E-state index in [0.29, 0.717) is 13.2 Å². The summed E-state index contributed by atoms with van der Waals surface area (Å²) in [5, 5.41) is 4.45. The van der Waals surface area contributed by atoms with Gasteiger partial charge in [-0.1, -0.05) is 6.07 Å². The summed E-state index contributed by atoms with van der Waals surface area (Å²) >= 11 is 0. The molecule has 0 bridgehead atoms. The average Bonchev–Trinajstić information content (AvgIpc) is 2.68. The fourth-order valence-corrected chi connectivity index (χ4v) is 1.71. The van der Waals surface area contributed by atoms with Gasteiger partial charge >= 0.3 is 23.8 Å². The lowest BCUT2D eigenvalue weighted by molar-refractivity contribution is -0.153. The van der Waals surface area contributed by atoms with Crippen molar-refractivity contribution < 1.29 is 38.1 Å². The van der Waals surface area contributed by atoms with Gasteiger partial charge in [0.25, 0.3) is 0 Å². The van der Waals surface area contributed by atoms with Crippen LogP contribution in [0.1, 0.15) is 13.8 Å². The summed E-state index contributed by atoms with van der Waals surface area (Å²) in [7, 11) is 0. The van der Waals surface area contributed by atoms with Crippen LogP contribution in [0.3, 0.4) is 0 Å². The maximum atomic E-state index is 11.7. The maximum Gasteiger partial charge on any atom is 0.397 e. The molecule has 2 N–H and O–H groups in total. The number of carbonyl (C=O) groups is 4. The maximum absolute atomic E-state index is 11.7. The molecule has 2 amide bonds. The van der Waals surface area contributed by atoms with Gasteiger partial charge in [-0.05, 0) is 26.0 Å². The first-order chi connectivity index (χ1) is 13.5. The van der Waals surface area contributed by atoms with E-state index < -0.39 is 23.8 Å².